The second-order valence-electron chi connectivity index (χ2n) is 4.20. The molecule has 0 spiro atoms. The largest absolute Gasteiger partial charge is 0.334 e. The molecule has 2 rings (SSSR count). The Bertz CT molecular complexity index is 407. The van der Waals surface area contributed by atoms with E-state index in [1.54, 1.807) is 0 Å². The summed E-state index contributed by atoms with van der Waals surface area (Å²) in [5, 5.41) is 7.81. The number of hydrogen-bond donors (Lipinski definition) is 0. The molecule has 7 heteroatoms. The molecule has 4 nitrogen and oxygen atoms in total. The zero-order valence-electron chi connectivity index (χ0n) is 9.07. The van der Waals surface area contributed by atoms with Crippen molar-refractivity contribution in [2.75, 3.05) is 18.8 Å². The van der Waals surface area contributed by atoms with Crippen LogP contribution in [-0.2, 0) is 0 Å². The first-order valence-corrected chi connectivity index (χ1v) is 7.08. The van der Waals surface area contributed by atoms with E-state index in [-0.39, 0.29) is 10.7 Å². The number of amides is 1. The molecule has 88 valence electrons. The normalized spacial score (nSPS) is 19.8. The molecule has 1 saturated heterocycles. The highest BCUT2D eigenvalue weighted by molar-refractivity contribution is 8.00. The third-order valence-corrected chi connectivity index (χ3v) is 4.60. The van der Waals surface area contributed by atoms with Gasteiger partial charge in [-0.15, -0.1) is 10.2 Å². The van der Waals surface area contributed by atoms with Crippen molar-refractivity contribution in [3.05, 3.63) is 9.47 Å². The van der Waals surface area contributed by atoms with Crippen molar-refractivity contribution in [1.82, 2.24) is 15.1 Å². The van der Waals surface area contributed by atoms with Crippen LogP contribution >= 0.6 is 34.7 Å². The van der Waals surface area contributed by atoms with Crippen LogP contribution in [0.4, 0.5) is 0 Å². The molecule has 0 atom stereocenters. The Kier molecular flexibility index (Phi) is 3.42. The Balaban J connectivity index is 2.10. The van der Waals surface area contributed by atoms with Gasteiger partial charge in [-0.25, -0.2) is 0 Å². The van der Waals surface area contributed by atoms with Crippen molar-refractivity contribution in [3.63, 3.8) is 0 Å². The first-order valence-electron chi connectivity index (χ1n) is 4.90. The fourth-order valence-corrected chi connectivity index (χ4v) is 3.52. The van der Waals surface area contributed by atoms with Crippen molar-refractivity contribution in [1.29, 1.82) is 0 Å². The van der Waals surface area contributed by atoms with Crippen LogP contribution < -0.4 is 0 Å². The van der Waals surface area contributed by atoms with E-state index in [1.807, 2.05) is 16.7 Å². The van der Waals surface area contributed by atoms with Gasteiger partial charge in [0.1, 0.15) is 0 Å². The quantitative estimate of drug-likeness (QED) is 0.789. The molecule has 0 bridgehead atoms. The molecule has 0 aliphatic carbocycles. The third kappa shape index (κ3) is 2.67. The van der Waals surface area contributed by atoms with E-state index >= 15 is 0 Å². The zero-order chi connectivity index (χ0) is 11.8. The van der Waals surface area contributed by atoms with E-state index in [0.29, 0.717) is 9.47 Å². The summed E-state index contributed by atoms with van der Waals surface area (Å²) in [6.45, 7) is 5.80. The molecule has 1 amide bonds. The van der Waals surface area contributed by atoms with Gasteiger partial charge in [-0.05, 0) is 25.4 Å². The number of halogens is 1. The van der Waals surface area contributed by atoms with E-state index in [1.165, 1.54) is 0 Å². The molecular weight excluding hydrogens is 266 g/mol. The van der Waals surface area contributed by atoms with Crippen molar-refractivity contribution >= 4 is 40.6 Å². The summed E-state index contributed by atoms with van der Waals surface area (Å²) in [5.41, 5.74) is 0. The maximum atomic E-state index is 12.1. The summed E-state index contributed by atoms with van der Waals surface area (Å²) in [6, 6.07) is 0. The highest BCUT2D eigenvalue weighted by Gasteiger charge is 2.31. The van der Waals surface area contributed by atoms with Crippen LogP contribution in [0.25, 0.3) is 0 Å². The van der Waals surface area contributed by atoms with Crippen LogP contribution in [0.5, 0.6) is 0 Å². The minimum atomic E-state index is -0.0576. The van der Waals surface area contributed by atoms with E-state index in [0.717, 1.165) is 30.2 Å². The minimum Gasteiger partial charge on any atom is -0.334 e. The fraction of sp³-hybridized carbons (Fsp3) is 0.667. The Labute approximate surface area is 107 Å². The van der Waals surface area contributed by atoms with Crippen molar-refractivity contribution in [3.8, 4) is 0 Å². The number of carbonyl (C=O) groups excluding carboxylic acids is 1. The average molecular weight is 278 g/mol. The summed E-state index contributed by atoms with van der Waals surface area (Å²) in [7, 11) is 0. The zero-order valence-corrected chi connectivity index (χ0v) is 11.5. The minimum absolute atomic E-state index is 0.0576. The first kappa shape index (κ1) is 12.1. The summed E-state index contributed by atoms with van der Waals surface area (Å²) >= 11 is 8.69. The van der Waals surface area contributed by atoms with Gasteiger partial charge in [-0.3, -0.25) is 4.79 Å². The molecule has 0 N–H and O–H groups in total. The molecule has 16 heavy (non-hydrogen) atoms. The second kappa shape index (κ2) is 4.50. The van der Waals surface area contributed by atoms with Gasteiger partial charge in [0.2, 0.25) is 9.47 Å². The van der Waals surface area contributed by atoms with Gasteiger partial charge in [-0.1, -0.05) is 11.3 Å². The van der Waals surface area contributed by atoms with Gasteiger partial charge < -0.3 is 4.90 Å². The maximum Gasteiger partial charge on any atom is 0.284 e. The third-order valence-electron chi connectivity index (χ3n) is 2.30. The number of nitrogens with zero attached hydrogens (tertiary/aromatic N) is 3. The lowest BCUT2D eigenvalue weighted by atomic mass is 10.2. The average Bonchev–Trinajstić information content (AvgIpc) is 2.62. The Morgan fingerprint density at radius 2 is 2.25 bits per heavy atom. The molecule has 1 fully saturated rings. The van der Waals surface area contributed by atoms with E-state index in [9.17, 15) is 4.79 Å². The number of rotatable bonds is 1. The summed E-state index contributed by atoms with van der Waals surface area (Å²) in [6.07, 6.45) is 0. The highest BCUT2D eigenvalue weighted by Crippen LogP contribution is 2.30. The first-order chi connectivity index (χ1) is 7.48. The monoisotopic (exact) mass is 277 g/mol. The lowest BCUT2D eigenvalue weighted by Gasteiger charge is -2.37. The van der Waals surface area contributed by atoms with Crippen LogP contribution in [0, 0.1) is 0 Å². The lowest BCUT2D eigenvalue weighted by Crippen LogP contribution is -2.46. The van der Waals surface area contributed by atoms with Crippen molar-refractivity contribution < 1.29 is 4.79 Å². The topological polar surface area (TPSA) is 46.1 Å². The Hall–Kier alpha value is -0.330. The van der Waals surface area contributed by atoms with Gasteiger partial charge in [0.05, 0.1) is 0 Å². The van der Waals surface area contributed by atoms with Gasteiger partial charge in [0.25, 0.3) is 5.91 Å². The molecule has 0 aromatic carbocycles. The maximum absolute atomic E-state index is 12.1. The van der Waals surface area contributed by atoms with Gasteiger partial charge in [0, 0.05) is 23.6 Å². The Morgan fingerprint density at radius 1 is 1.50 bits per heavy atom. The molecule has 1 aliphatic heterocycles. The number of hydrogen-bond acceptors (Lipinski definition) is 5. The van der Waals surface area contributed by atoms with Crippen LogP contribution in [-0.4, -0.2) is 44.6 Å². The summed E-state index contributed by atoms with van der Waals surface area (Å²) < 4.78 is 0.427. The molecule has 0 unspecified atom stereocenters. The fourth-order valence-electron chi connectivity index (χ4n) is 1.62. The van der Waals surface area contributed by atoms with Crippen molar-refractivity contribution in [2.45, 2.75) is 18.6 Å². The molecule has 1 aliphatic rings. The second-order valence-corrected chi connectivity index (χ2v) is 7.56. The van der Waals surface area contributed by atoms with Crippen LogP contribution in [0.2, 0.25) is 4.47 Å². The predicted octanol–water partition coefficient (Wildman–Crippen LogP) is 2.16. The lowest BCUT2D eigenvalue weighted by molar-refractivity contribution is 0.0747. The van der Waals surface area contributed by atoms with Gasteiger partial charge >= 0.3 is 0 Å². The number of thioether (sulfide) groups is 1. The molecule has 1 aromatic rings. The van der Waals surface area contributed by atoms with Crippen LogP contribution in [0.15, 0.2) is 0 Å². The van der Waals surface area contributed by atoms with E-state index in [2.05, 4.69) is 24.0 Å². The summed E-state index contributed by atoms with van der Waals surface area (Å²) in [5.74, 6) is 0.906. The van der Waals surface area contributed by atoms with E-state index in [4.69, 9.17) is 11.6 Å². The molecule has 0 saturated carbocycles. The Morgan fingerprint density at radius 3 is 2.81 bits per heavy atom. The number of carbonyl (C=O) groups is 1. The van der Waals surface area contributed by atoms with E-state index < -0.39 is 0 Å². The SMILES string of the molecule is CC1(C)CN(C(=O)c2nnc(Cl)s2)CCS1. The van der Waals surface area contributed by atoms with Crippen LogP contribution in [0.1, 0.15) is 23.6 Å². The van der Waals surface area contributed by atoms with Crippen molar-refractivity contribution in [2.24, 2.45) is 0 Å². The molecule has 1 aromatic heterocycles. The van der Waals surface area contributed by atoms with Gasteiger partial charge in [-0.2, -0.15) is 11.8 Å². The number of aromatic nitrogens is 2. The molecule has 2 heterocycles. The van der Waals surface area contributed by atoms with Gasteiger partial charge in [0.15, 0.2) is 0 Å². The van der Waals surface area contributed by atoms with Crippen LogP contribution in [0.3, 0.4) is 0 Å². The predicted molar refractivity (Wildman–Crippen MR) is 67.4 cm³/mol. The molecular formula is C9H12ClN3OS2. The highest BCUT2D eigenvalue weighted by atomic mass is 35.5. The summed E-state index contributed by atoms with van der Waals surface area (Å²) in [4.78, 5) is 13.9. The standard InChI is InChI=1S/C9H12ClN3OS2/c1-9(2)5-13(3-4-15-9)7(14)6-11-12-8(10)16-6/h3-5H2,1-2H3. The smallest absolute Gasteiger partial charge is 0.284 e. The molecule has 0 radical (unpaired) electrons.